The summed E-state index contributed by atoms with van der Waals surface area (Å²) in [5, 5.41) is 12.3. The maximum atomic E-state index is 15.0. The van der Waals surface area contributed by atoms with E-state index in [0.717, 1.165) is 18.5 Å². The van der Waals surface area contributed by atoms with E-state index in [1.165, 1.54) is 12.1 Å². The lowest BCUT2D eigenvalue weighted by Crippen LogP contribution is -2.36. The van der Waals surface area contributed by atoms with Crippen LogP contribution in [0.4, 0.5) is 21.9 Å². The van der Waals surface area contributed by atoms with Gasteiger partial charge < -0.3 is 10.2 Å². The highest BCUT2D eigenvalue weighted by Gasteiger charge is 2.37. The molecule has 0 aliphatic carbocycles. The molecule has 1 aromatic heterocycles. The number of aryl methyl sites for hydroxylation is 1. The monoisotopic (exact) mass is 480 g/mol. The van der Waals surface area contributed by atoms with E-state index < -0.39 is 16.1 Å². The van der Waals surface area contributed by atoms with Gasteiger partial charge in [-0.2, -0.15) is 10.2 Å². The number of rotatable bonds is 8. The summed E-state index contributed by atoms with van der Waals surface area (Å²) >= 11 is 0. The number of benzene rings is 2. The van der Waals surface area contributed by atoms with Gasteiger partial charge in [0.05, 0.1) is 22.6 Å². The zero-order chi connectivity index (χ0) is 24.1. The van der Waals surface area contributed by atoms with Crippen LogP contribution in [-0.2, 0) is 16.4 Å². The topological polar surface area (TPSA) is 102 Å². The highest BCUT2D eigenvalue weighted by atomic mass is 32.2. The normalized spacial score (nSPS) is 15.9. The Bertz CT molecular complexity index is 1300. The van der Waals surface area contributed by atoms with Crippen molar-refractivity contribution in [3.05, 3.63) is 71.9 Å². The SMILES string of the molecule is CCCc1cc(N2CC[C@H](N(F)S(=O)(=O)c3ccccc3)C2)nc(Nc2cccc(C#N)c2)n1. The van der Waals surface area contributed by atoms with E-state index in [2.05, 4.69) is 21.4 Å². The molecule has 4 rings (SSSR count). The average molecular weight is 481 g/mol. The van der Waals surface area contributed by atoms with E-state index in [1.807, 2.05) is 24.0 Å². The van der Waals surface area contributed by atoms with Gasteiger partial charge in [-0.05, 0) is 47.7 Å². The highest BCUT2D eigenvalue weighted by Crippen LogP contribution is 2.28. The fourth-order valence-electron chi connectivity index (χ4n) is 3.89. The number of nitriles is 1. The third kappa shape index (κ3) is 5.16. The summed E-state index contributed by atoms with van der Waals surface area (Å²) < 4.78 is 40.4. The number of halogens is 1. The van der Waals surface area contributed by atoms with Crippen LogP contribution in [0.25, 0.3) is 0 Å². The first-order valence-corrected chi connectivity index (χ1v) is 12.5. The summed E-state index contributed by atoms with van der Waals surface area (Å²) in [5.41, 5.74) is 2.02. The van der Waals surface area contributed by atoms with Gasteiger partial charge in [0, 0.05) is 30.5 Å². The van der Waals surface area contributed by atoms with Crippen LogP contribution in [0.1, 0.15) is 31.0 Å². The van der Waals surface area contributed by atoms with Gasteiger partial charge in [-0.3, -0.25) is 0 Å². The Balaban J connectivity index is 1.55. The van der Waals surface area contributed by atoms with Crippen molar-refractivity contribution >= 4 is 27.5 Å². The van der Waals surface area contributed by atoms with Crippen molar-refractivity contribution < 1.29 is 12.9 Å². The summed E-state index contributed by atoms with van der Waals surface area (Å²) in [4.78, 5) is 11.0. The van der Waals surface area contributed by atoms with Gasteiger partial charge in [-0.25, -0.2) is 13.4 Å². The molecule has 0 saturated carbocycles. The van der Waals surface area contributed by atoms with Crippen molar-refractivity contribution in [2.45, 2.75) is 37.1 Å². The third-order valence-electron chi connectivity index (χ3n) is 5.56. The maximum Gasteiger partial charge on any atom is 0.269 e. The molecule has 3 aromatic rings. The Morgan fingerprint density at radius 3 is 2.71 bits per heavy atom. The second kappa shape index (κ2) is 10.2. The van der Waals surface area contributed by atoms with Crippen molar-refractivity contribution in [2.24, 2.45) is 0 Å². The van der Waals surface area contributed by atoms with Gasteiger partial charge in [0.15, 0.2) is 0 Å². The van der Waals surface area contributed by atoms with Gasteiger partial charge in [0.2, 0.25) is 5.95 Å². The van der Waals surface area contributed by atoms with Crippen molar-refractivity contribution in [2.75, 3.05) is 23.3 Å². The predicted molar refractivity (Wildman–Crippen MR) is 128 cm³/mol. The standard InChI is InChI=1S/C24H25FN6O2S/c1-2-7-19-15-23(29-24(27-19)28-20-9-6-8-18(14-20)16-26)30-13-12-21(17-30)31(25)34(32,33)22-10-4-3-5-11-22/h3-6,8-11,14-15,21H,2,7,12-13,17H2,1H3,(H,27,28,29)/t21-/m0/s1. The molecule has 2 aromatic carbocycles. The predicted octanol–water partition coefficient (Wildman–Crippen LogP) is 4.20. The van der Waals surface area contributed by atoms with Gasteiger partial charge in [-0.15, -0.1) is 4.48 Å². The molecule has 0 radical (unpaired) electrons. The fourth-order valence-corrected chi connectivity index (χ4v) is 5.15. The molecule has 1 saturated heterocycles. The molecule has 1 aliphatic rings. The number of aromatic nitrogens is 2. The number of hydrogen-bond acceptors (Lipinski definition) is 7. The first-order chi connectivity index (χ1) is 16.4. The average Bonchev–Trinajstić information content (AvgIpc) is 3.34. The molecule has 0 spiro atoms. The van der Waals surface area contributed by atoms with Gasteiger partial charge >= 0.3 is 0 Å². The van der Waals surface area contributed by atoms with Crippen LogP contribution in [0.2, 0.25) is 0 Å². The molecule has 2 heterocycles. The largest absolute Gasteiger partial charge is 0.355 e. The van der Waals surface area contributed by atoms with Crippen LogP contribution >= 0.6 is 0 Å². The minimum absolute atomic E-state index is 0.0248. The Labute approximate surface area is 198 Å². The summed E-state index contributed by atoms with van der Waals surface area (Å²) in [7, 11) is -4.23. The summed E-state index contributed by atoms with van der Waals surface area (Å²) in [6.45, 7) is 2.68. The lowest BCUT2D eigenvalue weighted by Gasteiger charge is -2.21. The summed E-state index contributed by atoms with van der Waals surface area (Å²) in [6, 6.07) is 17.7. The Kier molecular flexibility index (Phi) is 7.05. The van der Waals surface area contributed by atoms with Crippen LogP contribution in [0.5, 0.6) is 0 Å². The first-order valence-electron chi connectivity index (χ1n) is 11.1. The number of anilines is 3. The molecule has 34 heavy (non-hydrogen) atoms. The molecular formula is C24H25FN6O2S. The lowest BCUT2D eigenvalue weighted by atomic mass is 10.2. The Morgan fingerprint density at radius 1 is 1.18 bits per heavy atom. The molecule has 1 atom stereocenters. The van der Waals surface area contributed by atoms with Crippen LogP contribution in [0, 0.1) is 11.3 Å². The van der Waals surface area contributed by atoms with E-state index in [0.29, 0.717) is 36.0 Å². The smallest absolute Gasteiger partial charge is 0.269 e. The number of nitrogens with zero attached hydrogens (tertiary/aromatic N) is 5. The number of nitrogens with one attached hydrogen (secondary N) is 1. The molecule has 0 unspecified atom stereocenters. The zero-order valence-electron chi connectivity index (χ0n) is 18.7. The molecular weight excluding hydrogens is 455 g/mol. The molecule has 8 nitrogen and oxygen atoms in total. The first kappa shape index (κ1) is 23.6. The van der Waals surface area contributed by atoms with Crippen LogP contribution in [0.3, 0.4) is 0 Å². The van der Waals surface area contributed by atoms with Crippen LogP contribution in [-0.4, -0.2) is 42.0 Å². The Morgan fingerprint density at radius 2 is 1.97 bits per heavy atom. The van der Waals surface area contributed by atoms with Crippen molar-refractivity contribution in [3.8, 4) is 6.07 Å². The molecule has 10 heteroatoms. The summed E-state index contributed by atoms with van der Waals surface area (Å²) in [6.07, 6.45) is 1.95. The molecule has 1 N–H and O–H groups in total. The fraction of sp³-hybridized carbons (Fsp3) is 0.292. The van der Waals surface area contributed by atoms with Gasteiger partial charge in [-0.1, -0.05) is 37.6 Å². The second-order valence-corrected chi connectivity index (χ2v) is 9.83. The third-order valence-corrected chi connectivity index (χ3v) is 7.19. The molecule has 0 amide bonds. The number of hydrogen-bond donors (Lipinski definition) is 1. The van der Waals surface area contributed by atoms with E-state index in [-0.39, 0.29) is 16.0 Å². The minimum atomic E-state index is -4.23. The molecule has 176 valence electrons. The molecule has 1 fully saturated rings. The highest BCUT2D eigenvalue weighted by molar-refractivity contribution is 7.89. The van der Waals surface area contributed by atoms with E-state index in [1.54, 1.807) is 36.4 Å². The van der Waals surface area contributed by atoms with E-state index >= 15 is 4.48 Å². The second-order valence-electron chi connectivity index (χ2n) is 8.06. The van der Waals surface area contributed by atoms with Crippen LogP contribution < -0.4 is 10.2 Å². The zero-order valence-corrected chi connectivity index (χ0v) is 19.5. The molecule has 1 aliphatic heterocycles. The molecule has 0 bridgehead atoms. The maximum absolute atomic E-state index is 15.0. The Hall–Kier alpha value is -3.55. The van der Waals surface area contributed by atoms with Crippen molar-refractivity contribution in [1.82, 2.24) is 14.5 Å². The van der Waals surface area contributed by atoms with Crippen molar-refractivity contribution in [1.29, 1.82) is 5.26 Å². The summed E-state index contributed by atoms with van der Waals surface area (Å²) in [5.74, 6) is 0.971. The van der Waals surface area contributed by atoms with Crippen LogP contribution in [0.15, 0.2) is 65.6 Å². The van der Waals surface area contributed by atoms with Gasteiger partial charge in [0.25, 0.3) is 10.0 Å². The van der Waals surface area contributed by atoms with Crippen molar-refractivity contribution in [3.63, 3.8) is 0 Å². The number of sulfonamides is 1. The van der Waals surface area contributed by atoms with Gasteiger partial charge in [0.1, 0.15) is 5.82 Å². The van der Waals surface area contributed by atoms with E-state index in [4.69, 9.17) is 5.26 Å². The lowest BCUT2D eigenvalue weighted by molar-refractivity contribution is 0.0943. The minimum Gasteiger partial charge on any atom is -0.355 e. The quantitative estimate of drug-likeness (QED) is 0.482. The van der Waals surface area contributed by atoms with E-state index in [9.17, 15) is 8.42 Å².